The van der Waals surface area contributed by atoms with E-state index in [0.29, 0.717) is 9.35 Å². The molecule has 0 spiro atoms. The van der Waals surface area contributed by atoms with Crippen LogP contribution in [0.15, 0.2) is 13.6 Å². The van der Waals surface area contributed by atoms with Gasteiger partial charge in [0.1, 0.15) is 6.04 Å². The van der Waals surface area contributed by atoms with E-state index in [9.17, 15) is 9.59 Å². The van der Waals surface area contributed by atoms with Crippen LogP contribution in [0.1, 0.15) is 17.3 Å². The average molecular weight is 357 g/mol. The summed E-state index contributed by atoms with van der Waals surface area (Å²) in [6, 6.07) is 0.738. The molecular formula is C8H7Br2NO3S. The number of carbonyl (C=O) groups is 2. The van der Waals surface area contributed by atoms with Gasteiger partial charge in [-0.25, -0.2) is 0 Å². The first-order chi connectivity index (χ1) is 6.91. The SMILES string of the molecule is C[C@@H](NC(=O)c1cc(Br)sc1Br)C(=O)O. The van der Waals surface area contributed by atoms with Crippen molar-refractivity contribution < 1.29 is 14.7 Å². The molecule has 0 saturated heterocycles. The Morgan fingerprint density at radius 2 is 2.13 bits per heavy atom. The fraction of sp³-hybridized carbons (Fsp3) is 0.250. The van der Waals surface area contributed by atoms with E-state index in [1.54, 1.807) is 6.07 Å². The van der Waals surface area contributed by atoms with Crippen LogP contribution in [0, 0.1) is 0 Å². The molecule has 0 aliphatic carbocycles. The zero-order valence-corrected chi connectivity index (χ0v) is 11.6. The molecule has 7 heteroatoms. The minimum atomic E-state index is -1.06. The first kappa shape index (κ1) is 12.7. The molecule has 0 aromatic carbocycles. The lowest BCUT2D eigenvalue weighted by molar-refractivity contribution is -0.138. The zero-order valence-electron chi connectivity index (χ0n) is 7.58. The van der Waals surface area contributed by atoms with Crippen LogP contribution < -0.4 is 5.32 Å². The van der Waals surface area contributed by atoms with Crippen LogP contribution in [0.25, 0.3) is 0 Å². The smallest absolute Gasteiger partial charge is 0.325 e. The quantitative estimate of drug-likeness (QED) is 0.874. The van der Waals surface area contributed by atoms with Crippen LogP contribution in [0.2, 0.25) is 0 Å². The number of nitrogens with one attached hydrogen (secondary N) is 1. The van der Waals surface area contributed by atoms with Gasteiger partial charge in [-0.1, -0.05) is 0 Å². The largest absolute Gasteiger partial charge is 0.480 e. The monoisotopic (exact) mass is 355 g/mol. The number of hydrogen-bond acceptors (Lipinski definition) is 3. The molecule has 15 heavy (non-hydrogen) atoms. The second-order valence-corrected chi connectivity index (χ2v) is 6.52. The Bertz CT molecular complexity index is 405. The van der Waals surface area contributed by atoms with Crippen LogP contribution >= 0.6 is 43.2 Å². The van der Waals surface area contributed by atoms with Gasteiger partial charge in [0.2, 0.25) is 0 Å². The number of hydrogen-bond donors (Lipinski definition) is 2. The van der Waals surface area contributed by atoms with E-state index in [1.807, 2.05) is 0 Å². The molecular weight excluding hydrogens is 350 g/mol. The summed E-state index contributed by atoms with van der Waals surface area (Å²) < 4.78 is 1.48. The number of carbonyl (C=O) groups excluding carboxylic acids is 1. The third-order valence-corrected chi connectivity index (χ3v) is 3.96. The number of thiophene rings is 1. The summed E-state index contributed by atoms with van der Waals surface area (Å²) in [6.07, 6.45) is 0. The van der Waals surface area contributed by atoms with Gasteiger partial charge < -0.3 is 10.4 Å². The van der Waals surface area contributed by atoms with Gasteiger partial charge in [0.25, 0.3) is 5.91 Å². The fourth-order valence-electron chi connectivity index (χ4n) is 0.831. The second kappa shape index (κ2) is 5.09. The molecule has 1 rings (SSSR count). The maximum atomic E-state index is 11.6. The molecule has 0 bridgehead atoms. The van der Waals surface area contributed by atoms with Crippen LogP contribution in [-0.4, -0.2) is 23.0 Å². The lowest BCUT2D eigenvalue weighted by atomic mass is 10.3. The number of carboxylic acids is 1. The summed E-state index contributed by atoms with van der Waals surface area (Å²) in [7, 11) is 0. The Kier molecular flexibility index (Phi) is 4.30. The maximum absolute atomic E-state index is 11.6. The van der Waals surface area contributed by atoms with Crippen LogP contribution in [-0.2, 0) is 4.79 Å². The summed E-state index contributed by atoms with van der Waals surface area (Å²) >= 11 is 7.82. The molecule has 0 aliphatic rings. The van der Waals surface area contributed by atoms with E-state index < -0.39 is 17.9 Å². The molecule has 1 amide bonds. The Balaban J connectivity index is 2.77. The van der Waals surface area contributed by atoms with Gasteiger partial charge in [-0.3, -0.25) is 9.59 Å². The molecule has 0 fully saturated rings. The highest BCUT2D eigenvalue weighted by atomic mass is 79.9. The van der Waals surface area contributed by atoms with Gasteiger partial charge >= 0.3 is 5.97 Å². The molecule has 1 heterocycles. The molecule has 1 aromatic heterocycles. The van der Waals surface area contributed by atoms with Gasteiger partial charge in [-0.2, -0.15) is 0 Å². The van der Waals surface area contributed by atoms with E-state index in [2.05, 4.69) is 37.2 Å². The third-order valence-electron chi connectivity index (χ3n) is 1.62. The minimum Gasteiger partial charge on any atom is -0.480 e. The van der Waals surface area contributed by atoms with Crippen LogP contribution in [0.4, 0.5) is 0 Å². The molecule has 82 valence electrons. The average Bonchev–Trinajstić information content (AvgIpc) is 2.44. The highest BCUT2D eigenvalue weighted by Gasteiger charge is 2.18. The Hall–Kier alpha value is -0.400. The summed E-state index contributed by atoms with van der Waals surface area (Å²) in [5.41, 5.74) is 0.431. The molecule has 0 saturated carbocycles. The lowest BCUT2D eigenvalue weighted by Crippen LogP contribution is -2.38. The van der Waals surface area contributed by atoms with Gasteiger partial charge in [-0.15, -0.1) is 11.3 Å². The fourth-order valence-corrected chi connectivity index (χ4v) is 3.62. The number of halogens is 2. The summed E-state index contributed by atoms with van der Waals surface area (Å²) in [5, 5.41) is 11.0. The first-order valence-electron chi connectivity index (χ1n) is 3.90. The maximum Gasteiger partial charge on any atom is 0.325 e. The third kappa shape index (κ3) is 3.29. The van der Waals surface area contributed by atoms with E-state index in [0.717, 1.165) is 3.79 Å². The molecule has 2 N–H and O–H groups in total. The highest BCUT2D eigenvalue weighted by molar-refractivity contribution is 9.12. The topological polar surface area (TPSA) is 66.4 Å². The molecule has 0 radical (unpaired) electrons. The highest BCUT2D eigenvalue weighted by Crippen LogP contribution is 2.31. The van der Waals surface area contributed by atoms with E-state index in [4.69, 9.17) is 5.11 Å². The van der Waals surface area contributed by atoms with Crippen molar-refractivity contribution in [2.75, 3.05) is 0 Å². The summed E-state index contributed by atoms with van der Waals surface area (Å²) in [5.74, 6) is -1.47. The van der Waals surface area contributed by atoms with Crippen molar-refractivity contribution in [3.63, 3.8) is 0 Å². The van der Waals surface area contributed by atoms with E-state index in [-0.39, 0.29) is 0 Å². The van der Waals surface area contributed by atoms with Crippen LogP contribution in [0.5, 0.6) is 0 Å². The molecule has 1 atom stereocenters. The van der Waals surface area contributed by atoms with Crippen molar-refractivity contribution in [1.82, 2.24) is 5.32 Å². The number of aliphatic carboxylic acids is 1. The normalized spacial score (nSPS) is 12.2. The second-order valence-electron chi connectivity index (χ2n) is 2.77. The standard InChI is InChI=1S/C8H7Br2NO3S/c1-3(8(13)14)11-7(12)4-2-5(9)15-6(4)10/h2-3H,1H3,(H,11,12)(H,13,14)/t3-/m1/s1. The van der Waals surface area contributed by atoms with E-state index >= 15 is 0 Å². The predicted molar refractivity (Wildman–Crippen MR) is 64.3 cm³/mol. The predicted octanol–water partition coefficient (Wildman–Crippen LogP) is 2.48. The number of carboxylic acid groups (broad SMARTS) is 1. The lowest BCUT2D eigenvalue weighted by Gasteiger charge is -2.07. The van der Waals surface area contributed by atoms with Crippen molar-refractivity contribution in [2.45, 2.75) is 13.0 Å². The number of rotatable bonds is 3. The van der Waals surface area contributed by atoms with Crippen molar-refractivity contribution in [1.29, 1.82) is 0 Å². The molecule has 1 aromatic rings. The number of amides is 1. The van der Waals surface area contributed by atoms with E-state index in [1.165, 1.54) is 18.3 Å². The Morgan fingerprint density at radius 1 is 1.53 bits per heavy atom. The Labute approximate surface area is 107 Å². The molecule has 0 unspecified atom stereocenters. The van der Waals surface area contributed by atoms with Crippen molar-refractivity contribution in [3.8, 4) is 0 Å². The van der Waals surface area contributed by atoms with Crippen molar-refractivity contribution in [2.24, 2.45) is 0 Å². The Morgan fingerprint density at radius 3 is 2.53 bits per heavy atom. The van der Waals surface area contributed by atoms with Crippen molar-refractivity contribution >= 4 is 55.1 Å². The molecule has 4 nitrogen and oxygen atoms in total. The first-order valence-corrected chi connectivity index (χ1v) is 6.30. The van der Waals surface area contributed by atoms with Crippen molar-refractivity contribution in [3.05, 3.63) is 19.2 Å². The molecule has 0 aliphatic heterocycles. The minimum absolute atomic E-state index is 0.404. The van der Waals surface area contributed by atoms with Gasteiger partial charge in [0, 0.05) is 0 Å². The van der Waals surface area contributed by atoms with Crippen LogP contribution in [0.3, 0.4) is 0 Å². The summed E-state index contributed by atoms with van der Waals surface area (Å²) in [4.78, 5) is 22.1. The summed E-state index contributed by atoms with van der Waals surface area (Å²) in [6.45, 7) is 1.41. The zero-order chi connectivity index (χ0) is 11.6. The van der Waals surface area contributed by atoms with Gasteiger partial charge in [0.15, 0.2) is 0 Å². The van der Waals surface area contributed by atoms with Gasteiger partial charge in [0.05, 0.1) is 13.1 Å². The van der Waals surface area contributed by atoms with Gasteiger partial charge in [-0.05, 0) is 44.8 Å².